The van der Waals surface area contributed by atoms with E-state index in [0.29, 0.717) is 11.1 Å². The van der Waals surface area contributed by atoms with Gasteiger partial charge in [0.15, 0.2) is 9.84 Å². The van der Waals surface area contributed by atoms with E-state index >= 15 is 0 Å². The lowest BCUT2D eigenvalue weighted by Crippen LogP contribution is -2.02. The van der Waals surface area contributed by atoms with E-state index in [1.807, 2.05) is 0 Å². The predicted octanol–water partition coefficient (Wildman–Crippen LogP) is 1.95. The zero-order valence-electron chi connectivity index (χ0n) is 9.48. The summed E-state index contributed by atoms with van der Waals surface area (Å²) in [6.07, 6.45) is 1.04. The Hall–Kier alpha value is -2.12. The van der Waals surface area contributed by atoms with E-state index in [2.05, 4.69) is 10.0 Å². The highest BCUT2D eigenvalue weighted by Crippen LogP contribution is 2.19. The average Bonchev–Trinajstić information content (AvgIpc) is 2.23. The van der Waals surface area contributed by atoms with Gasteiger partial charge in [0.05, 0.1) is 17.2 Å². The predicted molar refractivity (Wildman–Crippen MR) is 64.5 cm³/mol. The maximum absolute atomic E-state index is 11.2. The monoisotopic (exact) mass is 270 g/mol. The molecular weight excluding hydrogens is 260 g/mol. The molecule has 0 aliphatic rings. The lowest BCUT2D eigenvalue weighted by Gasteiger charge is -2.03. The van der Waals surface area contributed by atoms with Crippen LogP contribution in [0.4, 0.5) is 5.69 Å². The lowest BCUT2D eigenvalue weighted by molar-refractivity contribution is -0.385. The minimum atomic E-state index is -3.28. The molecule has 0 aliphatic carbocycles. The first kappa shape index (κ1) is 13.9. The summed E-state index contributed by atoms with van der Waals surface area (Å²) in [4.78, 5) is 12.6. The highest BCUT2D eigenvalue weighted by molar-refractivity contribution is 7.89. The van der Waals surface area contributed by atoms with Crippen molar-refractivity contribution in [1.82, 2.24) is 0 Å². The Morgan fingerprint density at radius 2 is 2.00 bits per heavy atom. The maximum atomic E-state index is 11.2. The minimum Gasteiger partial charge on any atom is -0.258 e. The Labute approximate surface area is 103 Å². The van der Waals surface area contributed by atoms with Crippen molar-refractivity contribution in [3.05, 3.63) is 49.9 Å². The smallest absolute Gasteiger partial charge is 0.258 e. The summed E-state index contributed by atoms with van der Waals surface area (Å²) in [6.45, 7) is -0.0606. The molecule has 1 rings (SSSR count). The third-order valence-electron chi connectivity index (χ3n) is 1.99. The van der Waals surface area contributed by atoms with Crippen molar-refractivity contribution in [2.45, 2.75) is 12.3 Å². The van der Waals surface area contributed by atoms with E-state index in [1.165, 1.54) is 18.2 Å². The normalized spacial score (nSPS) is 10.7. The molecule has 1 aromatic rings. The SMILES string of the molecule is CS(=O)(=O)Cc1cc(CN=[N+]=[N-])cc([N+](=O)[O-])c1. The first-order valence-corrected chi connectivity index (χ1v) is 6.83. The summed E-state index contributed by atoms with van der Waals surface area (Å²) in [5.74, 6) is -0.294. The third kappa shape index (κ3) is 4.40. The van der Waals surface area contributed by atoms with Crippen molar-refractivity contribution < 1.29 is 13.3 Å². The molecule has 0 unspecified atom stereocenters. The molecule has 0 bridgehead atoms. The Morgan fingerprint density at radius 3 is 2.50 bits per heavy atom. The van der Waals surface area contributed by atoms with Crippen LogP contribution in [0.1, 0.15) is 11.1 Å². The Morgan fingerprint density at radius 1 is 1.39 bits per heavy atom. The number of nitro groups is 1. The van der Waals surface area contributed by atoms with Crippen molar-refractivity contribution in [1.29, 1.82) is 0 Å². The van der Waals surface area contributed by atoms with Crippen molar-refractivity contribution in [3.8, 4) is 0 Å². The van der Waals surface area contributed by atoms with Gasteiger partial charge in [-0.25, -0.2) is 8.42 Å². The molecule has 0 amide bonds. The molecule has 0 aromatic heterocycles. The van der Waals surface area contributed by atoms with Crippen LogP contribution in [0.25, 0.3) is 10.4 Å². The molecule has 8 nitrogen and oxygen atoms in total. The second-order valence-electron chi connectivity index (χ2n) is 3.72. The highest BCUT2D eigenvalue weighted by Gasteiger charge is 2.12. The number of rotatable bonds is 5. The van der Waals surface area contributed by atoms with Crippen LogP contribution in [-0.2, 0) is 22.1 Å². The summed E-state index contributed by atoms with van der Waals surface area (Å²) in [6, 6.07) is 3.92. The van der Waals surface area contributed by atoms with Crippen molar-refractivity contribution in [2.24, 2.45) is 5.11 Å². The second-order valence-corrected chi connectivity index (χ2v) is 5.86. The van der Waals surface area contributed by atoms with Gasteiger partial charge in [-0.2, -0.15) is 0 Å². The van der Waals surface area contributed by atoms with Crippen molar-refractivity contribution >= 4 is 15.5 Å². The number of hydrogen-bond acceptors (Lipinski definition) is 5. The molecule has 0 saturated carbocycles. The van der Waals surface area contributed by atoms with Crippen molar-refractivity contribution in [2.75, 3.05) is 6.26 Å². The van der Waals surface area contributed by atoms with Gasteiger partial charge in [-0.3, -0.25) is 10.1 Å². The van der Waals surface area contributed by atoms with Gasteiger partial charge in [0.1, 0.15) is 0 Å². The van der Waals surface area contributed by atoms with Crippen LogP contribution in [0, 0.1) is 10.1 Å². The highest BCUT2D eigenvalue weighted by atomic mass is 32.2. The standard InChI is InChI=1S/C9H10N4O4S/c1-18(16,17)6-8-2-7(5-11-12-10)3-9(4-8)13(14)15/h2-4H,5-6H2,1H3. The summed E-state index contributed by atoms with van der Waals surface area (Å²) in [5, 5.41) is 14.0. The van der Waals surface area contributed by atoms with Gasteiger partial charge in [-0.05, 0) is 16.7 Å². The number of nitrogens with zero attached hydrogens (tertiary/aromatic N) is 4. The zero-order chi connectivity index (χ0) is 13.8. The van der Waals surface area contributed by atoms with Gasteiger partial charge in [0, 0.05) is 23.3 Å². The Bertz CT molecular complexity index is 619. The van der Waals surface area contributed by atoms with E-state index in [9.17, 15) is 18.5 Å². The van der Waals surface area contributed by atoms with Crippen LogP contribution in [0.5, 0.6) is 0 Å². The number of hydrogen-bond donors (Lipinski definition) is 0. The van der Waals surface area contributed by atoms with Gasteiger partial charge in [0.2, 0.25) is 0 Å². The Balaban J connectivity index is 3.21. The minimum absolute atomic E-state index is 0.0606. The third-order valence-corrected chi connectivity index (χ3v) is 2.85. The second kappa shape index (κ2) is 5.48. The van der Waals surface area contributed by atoms with Crippen LogP contribution in [0.3, 0.4) is 0 Å². The lowest BCUT2D eigenvalue weighted by atomic mass is 10.1. The van der Waals surface area contributed by atoms with E-state index in [4.69, 9.17) is 5.53 Å². The number of sulfone groups is 1. The fraction of sp³-hybridized carbons (Fsp3) is 0.333. The molecule has 18 heavy (non-hydrogen) atoms. The molecule has 0 fully saturated rings. The van der Waals surface area contributed by atoms with E-state index < -0.39 is 14.8 Å². The Kier molecular flexibility index (Phi) is 4.24. The summed E-state index contributed by atoms with van der Waals surface area (Å²) in [5.41, 5.74) is 8.67. The zero-order valence-corrected chi connectivity index (χ0v) is 10.3. The van der Waals surface area contributed by atoms with Gasteiger partial charge in [0.25, 0.3) is 5.69 Å². The molecule has 0 spiro atoms. The molecule has 0 atom stereocenters. The first-order valence-electron chi connectivity index (χ1n) is 4.77. The van der Waals surface area contributed by atoms with Gasteiger partial charge >= 0.3 is 0 Å². The number of nitro benzene ring substituents is 1. The fourth-order valence-corrected chi connectivity index (χ4v) is 2.21. The quantitative estimate of drug-likeness (QED) is 0.266. The number of non-ortho nitro benzene ring substituents is 1. The molecule has 0 N–H and O–H groups in total. The van der Waals surface area contributed by atoms with E-state index in [1.54, 1.807) is 0 Å². The van der Waals surface area contributed by atoms with E-state index in [0.717, 1.165) is 6.26 Å². The molecule has 0 saturated heterocycles. The molecule has 9 heteroatoms. The van der Waals surface area contributed by atoms with Crippen molar-refractivity contribution in [3.63, 3.8) is 0 Å². The van der Waals surface area contributed by atoms with Gasteiger partial charge < -0.3 is 0 Å². The molecule has 0 radical (unpaired) electrons. The summed E-state index contributed by atoms with van der Waals surface area (Å²) >= 11 is 0. The molecule has 0 aliphatic heterocycles. The van der Waals surface area contributed by atoms with Crippen LogP contribution < -0.4 is 0 Å². The topological polar surface area (TPSA) is 126 Å². The molecule has 1 aromatic carbocycles. The maximum Gasteiger partial charge on any atom is 0.270 e. The number of benzene rings is 1. The molecule has 0 heterocycles. The van der Waals surface area contributed by atoms with E-state index in [-0.39, 0.29) is 18.0 Å². The summed E-state index contributed by atoms with van der Waals surface area (Å²) in [7, 11) is -3.28. The first-order chi connectivity index (χ1) is 8.31. The summed E-state index contributed by atoms with van der Waals surface area (Å²) < 4.78 is 22.3. The number of azide groups is 1. The van der Waals surface area contributed by atoms with Crippen LogP contribution in [-0.4, -0.2) is 19.6 Å². The largest absolute Gasteiger partial charge is 0.270 e. The fourth-order valence-electron chi connectivity index (χ4n) is 1.44. The van der Waals surface area contributed by atoms with Crippen LogP contribution >= 0.6 is 0 Å². The van der Waals surface area contributed by atoms with Gasteiger partial charge in [-0.1, -0.05) is 11.2 Å². The van der Waals surface area contributed by atoms with Crippen LogP contribution in [0.2, 0.25) is 0 Å². The van der Waals surface area contributed by atoms with Crippen LogP contribution in [0.15, 0.2) is 23.3 Å². The molecular formula is C9H10N4O4S. The van der Waals surface area contributed by atoms with Gasteiger partial charge in [-0.15, -0.1) is 0 Å². The average molecular weight is 270 g/mol. The molecule has 96 valence electrons.